The fraction of sp³-hybridized carbons (Fsp3) is 0.500. The topological polar surface area (TPSA) is 66.5 Å². The summed E-state index contributed by atoms with van der Waals surface area (Å²) in [5, 5.41) is 2.69. The van der Waals surface area contributed by atoms with Crippen molar-refractivity contribution in [2.24, 2.45) is 0 Å². The van der Waals surface area contributed by atoms with Crippen LogP contribution in [0.2, 0.25) is 0 Å². The number of hydrogen-bond acceptors (Lipinski definition) is 3. The van der Waals surface area contributed by atoms with E-state index in [0.717, 1.165) is 22.5 Å². The molecule has 0 spiro atoms. The number of anilines is 1. The van der Waals surface area contributed by atoms with E-state index in [1.165, 1.54) is 0 Å². The van der Waals surface area contributed by atoms with Crippen LogP contribution in [0.3, 0.4) is 0 Å². The summed E-state index contributed by atoms with van der Waals surface area (Å²) in [6, 6.07) is 7.17. The number of nitrogens with zero attached hydrogens (tertiary/aromatic N) is 1. The highest BCUT2D eigenvalue weighted by atomic mass is 32.2. The second kappa shape index (κ2) is 6.74. The Morgan fingerprint density at radius 3 is 2.20 bits per heavy atom. The van der Waals surface area contributed by atoms with Crippen LogP contribution < -0.4 is 9.62 Å². The summed E-state index contributed by atoms with van der Waals surface area (Å²) in [4.78, 5) is 11.8. The molecule has 1 aromatic carbocycles. The van der Waals surface area contributed by atoms with Crippen molar-refractivity contribution in [3.05, 3.63) is 29.8 Å². The smallest absolute Gasteiger partial charge is 0.240 e. The first kappa shape index (κ1) is 16.5. The summed E-state index contributed by atoms with van der Waals surface area (Å²) in [5.41, 5.74) is 1.62. The lowest BCUT2D eigenvalue weighted by molar-refractivity contribution is -0.120. The second-order valence-corrected chi connectivity index (χ2v) is 6.92. The van der Waals surface area contributed by atoms with Crippen molar-refractivity contribution < 1.29 is 13.2 Å². The van der Waals surface area contributed by atoms with E-state index in [1.54, 1.807) is 12.1 Å². The third kappa shape index (κ3) is 4.85. The first-order valence-electron chi connectivity index (χ1n) is 6.60. The van der Waals surface area contributed by atoms with E-state index in [1.807, 2.05) is 32.9 Å². The van der Waals surface area contributed by atoms with E-state index in [-0.39, 0.29) is 18.5 Å². The number of rotatable bonds is 6. The van der Waals surface area contributed by atoms with Crippen molar-refractivity contribution >= 4 is 21.6 Å². The van der Waals surface area contributed by atoms with Crippen molar-refractivity contribution in [1.82, 2.24) is 5.32 Å². The highest BCUT2D eigenvalue weighted by Crippen LogP contribution is 2.18. The number of hydrogen-bond donors (Lipinski definition) is 1. The van der Waals surface area contributed by atoms with Gasteiger partial charge in [0, 0.05) is 6.04 Å². The molecule has 0 bridgehead atoms. The molecule has 1 rings (SSSR count). The lowest BCUT2D eigenvalue weighted by Gasteiger charge is -2.22. The minimum Gasteiger partial charge on any atom is -0.352 e. The molecule has 0 atom stereocenters. The Morgan fingerprint density at radius 1 is 1.25 bits per heavy atom. The fourth-order valence-corrected chi connectivity index (χ4v) is 2.65. The van der Waals surface area contributed by atoms with Crippen LogP contribution >= 0.6 is 0 Å². The Balaban J connectivity index is 2.98. The summed E-state index contributed by atoms with van der Waals surface area (Å²) in [6.45, 7) is 5.49. The molecule has 0 radical (unpaired) electrons. The number of aryl methyl sites for hydroxylation is 1. The first-order valence-corrected chi connectivity index (χ1v) is 8.45. The predicted octanol–water partition coefficient (Wildman–Crippen LogP) is 1.54. The molecule has 0 aliphatic heterocycles. The maximum atomic E-state index is 11.9. The number of sulfonamides is 1. The first-order chi connectivity index (χ1) is 9.24. The van der Waals surface area contributed by atoms with E-state index in [0.29, 0.717) is 5.69 Å². The Kier molecular flexibility index (Phi) is 5.56. The van der Waals surface area contributed by atoms with Crippen molar-refractivity contribution in [2.45, 2.75) is 33.2 Å². The largest absolute Gasteiger partial charge is 0.352 e. The van der Waals surface area contributed by atoms with Gasteiger partial charge in [-0.05, 0) is 38.0 Å². The average molecular weight is 298 g/mol. The van der Waals surface area contributed by atoms with Crippen LogP contribution in [-0.4, -0.2) is 33.2 Å². The molecule has 0 aliphatic carbocycles. The SMILES string of the molecule is CCc1ccc(N(CC(=O)NC(C)C)S(C)(=O)=O)cc1. The molecule has 0 fully saturated rings. The van der Waals surface area contributed by atoms with Crippen molar-refractivity contribution in [1.29, 1.82) is 0 Å². The summed E-state index contributed by atoms with van der Waals surface area (Å²) in [7, 11) is -3.50. The minimum atomic E-state index is -3.50. The Morgan fingerprint density at radius 2 is 1.80 bits per heavy atom. The summed E-state index contributed by atoms with van der Waals surface area (Å²) in [5.74, 6) is -0.315. The van der Waals surface area contributed by atoms with Crippen molar-refractivity contribution in [3.8, 4) is 0 Å². The molecule has 0 aromatic heterocycles. The molecule has 1 amide bonds. The van der Waals surface area contributed by atoms with Gasteiger partial charge in [0.05, 0.1) is 11.9 Å². The minimum absolute atomic E-state index is 0.0219. The molecular weight excluding hydrogens is 276 g/mol. The number of amides is 1. The molecule has 1 aromatic rings. The third-order valence-corrected chi connectivity index (χ3v) is 3.91. The lowest BCUT2D eigenvalue weighted by Crippen LogP contribution is -2.42. The molecule has 5 nitrogen and oxygen atoms in total. The molecule has 112 valence electrons. The van der Waals surface area contributed by atoms with E-state index >= 15 is 0 Å². The number of carbonyl (C=O) groups is 1. The lowest BCUT2D eigenvalue weighted by atomic mass is 10.1. The van der Waals surface area contributed by atoms with Crippen LogP contribution in [0.5, 0.6) is 0 Å². The number of benzene rings is 1. The van der Waals surface area contributed by atoms with Gasteiger partial charge in [0.25, 0.3) is 0 Å². The zero-order valence-electron chi connectivity index (χ0n) is 12.4. The number of nitrogens with one attached hydrogen (secondary N) is 1. The summed E-state index contributed by atoms with van der Waals surface area (Å²) < 4.78 is 24.8. The van der Waals surface area contributed by atoms with Gasteiger partial charge in [0.15, 0.2) is 0 Å². The molecular formula is C14H22N2O3S. The van der Waals surface area contributed by atoms with E-state index in [2.05, 4.69) is 5.32 Å². The van der Waals surface area contributed by atoms with Gasteiger partial charge in [-0.3, -0.25) is 9.10 Å². The van der Waals surface area contributed by atoms with E-state index in [9.17, 15) is 13.2 Å². The average Bonchev–Trinajstić information content (AvgIpc) is 2.34. The Bertz CT molecular complexity index is 550. The molecule has 20 heavy (non-hydrogen) atoms. The Labute approximate surface area is 121 Å². The van der Waals surface area contributed by atoms with Gasteiger partial charge < -0.3 is 5.32 Å². The van der Waals surface area contributed by atoms with Gasteiger partial charge in [-0.1, -0.05) is 19.1 Å². The Hall–Kier alpha value is -1.56. The van der Waals surface area contributed by atoms with Gasteiger partial charge >= 0.3 is 0 Å². The molecule has 0 saturated carbocycles. The zero-order chi connectivity index (χ0) is 15.3. The van der Waals surface area contributed by atoms with Gasteiger partial charge in [-0.2, -0.15) is 0 Å². The fourth-order valence-electron chi connectivity index (χ4n) is 1.80. The van der Waals surface area contributed by atoms with Crippen LogP contribution in [-0.2, 0) is 21.2 Å². The summed E-state index contributed by atoms with van der Waals surface area (Å²) in [6.07, 6.45) is 1.98. The van der Waals surface area contributed by atoms with Crippen LogP contribution in [0.1, 0.15) is 26.3 Å². The van der Waals surface area contributed by atoms with Crippen LogP contribution in [0.25, 0.3) is 0 Å². The van der Waals surface area contributed by atoms with Crippen LogP contribution in [0, 0.1) is 0 Å². The molecule has 1 N–H and O–H groups in total. The normalized spacial score (nSPS) is 11.4. The van der Waals surface area contributed by atoms with Gasteiger partial charge in [0.2, 0.25) is 15.9 Å². The van der Waals surface area contributed by atoms with E-state index in [4.69, 9.17) is 0 Å². The maximum absolute atomic E-state index is 11.9. The summed E-state index contributed by atoms with van der Waals surface area (Å²) >= 11 is 0. The molecule has 0 aliphatic rings. The van der Waals surface area contributed by atoms with Crippen LogP contribution in [0.15, 0.2) is 24.3 Å². The molecule has 0 unspecified atom stereocenters. The molecule has 0 saturated heterocycles. The van der Waals surface area contributed by atoms with Gasteiger partial charge in [-0.15, -0.1) is 0 Å². The second-order valence-electron chi connectivity index (χ2n) is 5.01. The van der Waals surface area contributed by atoms with Gasteiger partial charge in [-0.25, -0.2) is 8.42 Å². The third-order valence-electron chi connectivity index (χ3n) is 2.77. The molecule has 6 heteroatoms. The van der Waals surface area contributed by atoms with Gasteiger partial charge in [0.1, 0.15) is 6.54 Å². The maximum Gasteiger partial charge on any atom is 0.240 e. The monoisotopic (exact) mass is 298 g/mol. The zero-order valence-corrected chi connectivity index (χ0v) is 13.2. The standard InChI is InChI=1S/C14H22N2O3S/c1-5-12-6-8-13(9-7-12)16(20(4,18)19)10-14(17)15-11(2)3/h6-9,11H,5,10H2,1-4H3,(H,15,17). The molecule has 0 heterocycles. The highest BCUT2D eigenvalue weighted by molar-refractivity contribution is 7.92. The van der Waals surface area contributed by atoms with Crippen LogP contribution in [0.4, 0.5) is 5.69 Å². The van der Waals surface area contributed by atoms with E-state index < -0.39 is 10.0 Å². The quantitative estimate of drug-likeness (QED) is 0.866. The van der Waals surface area contributed by atoms with Crippen molar-refractivity contribution in [3.63, 3.8) is 0 Å². The highest BCUT2D eigenvalue weighted by Gasteiger charge is 2.20. The van der Waals surface area contributed by atoms with Crippen molar-refractivity contribution in [2.75, 3.05) is 17.1 Å². The predicted molar refractivity (Wildman–Crippen MR) is 81.3 cm³/mol. The number of carbonyl (C=O) groups excluding carboxylic acids is 1.